The van der Waals surface area contributed by atoms with E-state index >= 15 is 0 Å². The third-order valence-corrected chi connectivity index (χ3v) is 5.73. The van der Waals surface area contributed by atoms with Crippen molar-refractivity contribution in [3.05, 3.63) is 64.1 Å². The van der Waals surface area contributed by atoms with Crippen LogP contribution in [0.2, 0.25) is 6.82 Å². The molecule has 0 N–H and O–H groups in total. The van der Waals surface area contributed by atoms with Gasteiger partial charge in [-0.05, 0) is 62.7 Å². The number of rotatable bonds is 0. The van der Waals surface area contributed by atoms with Gasteiger partial charge in [-0.1, -0.05) is 41.9 Å². The highest BCUT2D eigenvalue weighted by molar-refractivity contribution is 6.58. The Kier molecular flexibility index (Phi) is 3.09. The first-order chi connectivity index (χ1) is 12.5. The minimum Gasteiger partial charge on any atom is -0.544 e. The second-order valence-electron chi connectivity index (χ2n) is 7.68. The van der Waals surface area contributed by atoms with E-state index in [2.05, 4.69) is 81.3 Å². The van der Waals surface area contributed by atoms with Crippen molar-refractivity contribution in [2.24, 2.45) is 0 Å². The summed E-state index contributed by atoms with van der Waals surface area (Å²) in [6.45, 7) is 11.0. The van der Waals surface area contributed by atoms with E-state index in [1.165, 1.54) is 55.0 Å². The van der Waals surface area contributed by atoms with Crippen molar-refractivity contribution in [2.45, 2.75) is 34.5 Å². The summed E-state index contributed by atoms with van der Waals surface area (Å²) in [5, 5.41) is 4.01. The first kappa shape index (κ1) is 15.6. The maximum absolute atomic E-state index is 6.30. The summed E-state index contributed by atoms with van der Waals surface area (Å²) in [6.07, 6.45) is 2.23. The Balaban J connectivity index is 2.18. The summed E-state index contributed by atoms with van der Waals surface area (Å²) in [6, 6.07) is 11.2. The Morgan fingerprint density at radius 1 is 0.962 bits per heavy atom. The summed E-state index contributed by atoms with van der Waals surface area (Å²) in [4.78, 5) is 0. The smallest absolute Gasteiger partial charge is 0.383 e. The molecule has 0 bridgehead atoms. The topological polar surface area (TPSA) is 13.6 Å². The van der Waals surface area contributed by atoms with E-state index in [0.717, 1.165) is 5.88 Å². The van der Waals surface area contributed by atoms with Gasteiger partial charge in [0, 0.05) is 16.3 Å². The van der Waals surface area contributed by atoms with Crippen LogP contribution in [-0.2, 0) is 0 Å². The Hall–Kier alpha value is -2.68. The largest absolute Gasteiger partial charge is 0.544 e. The molecule has 0 amide bonds. The van der Waals surface area contributed by atoms with Crippen molar-refractivity contribution < 1.29 is 4.65 Å². The maximum atomic E-state index is 6.30. The highest BCUT2D eigenvalue weighted by Crippen LogP contribution is 2.42. The minimum atomic E-state index is 0.0923. The van der Waals surface area contributed by atoms with E-state index in [0.29, 0.717) is 0 Å². The summed E-state index contributed by atoms with van der Waals surface area (Å²) in [7, 11) is 0. The Morgan fingerprint density at radius 3 is 2.58 bits per heavy atom. The summed E-state index contributed by atoms with van der Waals surface area (Å²) < 4.78 is 8.65. The number of nitrogens with zero attached hydrogens (tertiary/aromatic N) is 1. The Labute approximate surface area is 154 Å². The predicted octanol–water partition coefficient (Wildman–Crippen LogP) is 6.05. The van der Waals surface area contributed by atoms with E-state index in [1.54, 1.807) is 0 Å². The molecule has 0 aliphatic carbocycles. The number of pyridine rings is 1. The number of fused-ring (bicyclic) bond motifs is 8. The SMILES string of the molecule is CB1C=Cc2c(C)c3c4c(C)cc(C)cc4c4c(C)cccc4n3c2O1. The molecule has 3 heteroatoms. The Bertz CT molecular complexity index is 1260. The zero-order chi connectivity index (χ0) is 18.2. The van der Waals surface area contributed by atoms with Crippen LogP contribution < -0.4 is 4.65 Å². The van der Waals surface area contributed by atoms with Gasteiger partial charge in [-0.15, -0.1) is 0 Å². The second kappa shape index (κ2) is 5.17. The summed E-state index contributed by atoms with van der Waals surface area (Å²) >= 11 is 0. The van der Waals surface area contributed by atoms with E-state index in [4.69, 9.17) is 4.65 Å². The van der Waals surface area contributed by atoms with Crippen LogP contribution in [0.5, 0.6) is 5.88 Å². The average Bonchev–Trinajstić information content (AvgIpc) is 2.87. The molecule has 128 valence electrons. The van der Waals surface area contributed by atoms with Crippen LogP contribution in [-0.4, -0.2) is 11.3 Å². The van der Waals surface area contributed by atoms with Gasteiger partial charge in [0.25, 0.3) is 0 Å². The van der Waals surface area contributed by atoms with Crippen molar-refractivity contribution >= 4 is 40.2 Å². The first-order valence-electron chi connectivity index (χ1n) is 9.29. The van der Waals surface area contributed by atoms with Gasteiger partial charge in [0.2, 0.25) is 0 Å². The molecule has 0 atom stereocenters. The fourth-order valence-electron chi connectivity index (χ4n) is 4.63. The number of hydrogen-bond donors (Lipinski definition) is 0. The lowest BCUT2D eigenvalue weighted by Gasteiger charge is -2.18. The normalized spacial score (nSPS) is 13.7. The minimum absolute atomic E-state index is 0.0923. The van der Waals surface area contributed by atoms with Crippen LogP contribution in [0.4, 0.5) is 0 Å². The monoisotopic (exact) mass is 339 g/mol. The number of benzene rings is 2. The molecule has 1 aliphatic heterocycles. The van der Waals surface area contributed by atoms with E-state index in [1.807, 2.05) is 0 Å². The van der Waals surface area contributed by atoms with Crippen molar-refractivity contribution in [1.29, 1.82) is 0 Å². The molecule has 0 saturated heterocycles. The van der Waals surface area contributed by atoms with Gasteiger partial charge in [0.05, 0.1) is 11.0 Å². The van der Waals surface area contributed by atoms with Gasteiger partial charge in [0.1, 0.15) is 0 Å². The standard InChI is InChI=1S/C23H22BNO/c1-13-11-15(3)21-18(12-13)20-14(2)7-6-8-19(20)25-22(21)16(4)17-9-10-24(5)26-23(17)25/h6-12H,1-5H3. The highest BCUT2D eigenvalue weighted by atomic mass is 16.4. The Morgan fingerprint density at radius 2 is 1.77 bits per heavy atom. The van der Waals surface area contributed by atoms with Gasteiger partial charge in [-0.2, -0.15) is 0 Å². The molecule has 0 radical (unpaired) electrons. The molecule has 5 rings (SSSR count). The van der Waals surface area contributed by atoms with E-state index in [9.17, 15) is 0 Å². The molecule has 4 aromatic rings. The van der Waals surface area contributed by atoms with Gasteiger partial charge in [0.15, 0.2) is 5.88 Å². The van der Waals surface area contributed by atoms with Crippen LogP contribution in [0.25, 0.3) is 33.3 Å². The highest BCUT2D eigenvalue weighted by Gasteiger charge is 2.25. The summed E-state index contributed by atoms with van der Waals surface area (Å²) in [5.74, 6) is 3.12. The number of aryl methyl sites for hydroxylation is 4. The van der Waals surface area contributed by atoms with Crippen LogP contribution in [0.1, 0.15) is 27.8 Å². The molecule has 0 unspecified atom stereocenters. The van der Waals surface area contributed by atoms with Crippen LogP contribution in [0.15, 0.2) is 36.3 Å². The third-order valence-electron chi connectivity index (χ3n) is 5.73. The van der Waals surface area contributed by atoms with Crippen LogP contribution in [0.3, 0.4) is 0 Å². The number of aromatic nitrogens is 1. The molecule has 3 heterocycles. The molecule has 0 saturated carbocycles. The van der Waals surface area contributed by atoms with E-state index < -0.39 is 0 Å². The second-order valence-corrected chi connectivity index (χ2v) is 7.68. The number of hydrogen-bond acceptors (Lipinski definition) is 1. The molecular weight excluding hydrogens is 317 g/mol. The maximum Gasteiger partial charge on any atom is 0.383 e. The van der Waals surface area contributed by atoms with Crippen LogP contribution >= 0.6 is 0 Å². The van der Waals surface area contributed by atoms with Gasteiger partial charge in [-0.3, -0.25) is 4.40 Å². The molecule has 2 nitrogen and oxygen atoms in total. The van der Waals surface area contributed by atoms with Crippen molar-refractivity contribution in [2.75, 3.05) is 0 Å². The molecule has 2 aromatic carbocycles. The van der Waals surface area contributed by atoms with Crippen LogP contribution in [0, 0.1) is 27.7 Å². The third kappa shape index (κ3) is 1.89. The fraction of sp³-hybridized carbons (Fsp3) is 0.217. The van der Waals surface area contributed by atoms with Gasteiger partial charge in [-0.25, -0.2) is 0 Å². The quantitative estimate of drug-likeness (QED) is 0.281. The molecular formula is C23H22BNO. The van der Waals surface area contributed by atoms with Crippen molar-refractivity contribution in [3.8, 4) is 5.88 Å². The molecule has 1 aliphatic rings. The lowest BCUT2D eigenvalue weighted by Crippen LogP contribution is -2.18. The lowest BCUT2D eigenvalue weighted by molar-refractivity contribution is 0.553. The molecule has 26 heavy (non-hydrogen) atoms. The van der Waals surface area contributed by atoms with Gasteiger partial charge < -0.3 is 4.65 Å². The molecule has 0 spiro atoms. The molecule has 2 aromatic heterocycles. The van der Waals surface area contributed by atoms with E-state index in [-0.39, 0.29) is 6.92 Å². The first-order valence-corrected chi connectivity index (χ1v) is 9.29. The summed E-state index contributed by atoms with van der Waals surface area (Å²) in [5.41, 5.74) is 8.94. The lowest BCUT2D eigenvalue weighted by atomic mass is 9.69. The van der Waals surface area contributed by atoms with Crippen molar-refractivity contribution in [1.82, 2.24) is 4.40 Å². The zero-order valence-corrected chi connectivity index (χ0v) is 16.0. The molecule has 0 fully saturated rings. The fourth-order valence-corrected chi connectivity index (χ4v) is 4.63. The predicted molar refractivity (Wildman–Crippen MR) is 113 cm³/mol. The van der Waals surface area contributed by atoms with Gasteiger partial charge >= 0.3 is 6.92 Å². The average molecular weight is 339 g/mol. The van der Waals surface area contributed by atoms with Crippen molar-refractivity contribution in [3.63, 3.8) is 0 Å². The zero-order valence-electron chi connectivity index (χ0n) is 16.0.